The van der Waals surface area contributed by atoms with Gasteiger partial charge in [-0.15, -0.1) is 0 Å². The summed E-state index contributed by atoms with van der Waals surface area (Å²) < 4.78 is 0. The zero-order valence-corrected chi connectivity index (χ0v) is 17.7. The lowest BCUT2D eigenvalue weighted by Crippen LogP contribution is -2.14. The van der Waals surface area contributed by atoms with Crippen LogP contribution in [0.25, 0.3) is 0 Å². The van der Waals surface area contributed by atoms with E-state index in [0.717, 1.165) is 44.9 Å². The van der Waals surface area contributed by atoms with Crippen LogP contribution in [0.1, 0.15) is 130 Å². The Kier molecular flexibility index (Phi) is 12.3. The van der Waals surface area contributed by atoms with Crippen molar-refractivity contribution in [2.45, 2.75) is 103 Å². The van der Waals surface area contributed by atoms with Gasteiger partial charge >= 0.3 is 11.9 Å². The van der Waals surface area contributed by atoms with Gasteiger partial charge in [0.25, 0.3) is 0 Å². The van der Waals surface area contributed by atoms with Crippen LogP contribution in [0, 0.1) is 0 Å². The Hall–Kier alpha value is -1.84. The highest BCUT2D eigenvalue weighted by Gasteiger charge is 2.24. The summed E-state index contributed by atoms with van der Waals surface area (Å²) in [5.41, 5.74) is 0.594. The maximum Gasteiger partial charge on any atom is 0.336 e. The van der Waals surface area contributed by atoms with Gasteiger partial charge in [-0.2, -0.15) is 0 Å². The normalized spacial score (nSPS) is 12.1. The number of hydrogen-bond donors (Lipinski definition) is 2. The molecule has 1 aromatic carbocycles. The lowest BCUT2D eigenvalue weighted by atomic mass is 9.84. The fraction of sp³-hybridized carbons (Fsp3) is 0.667. The van der Waals surface area contributed by atoms with E-state index >= 15 is 0 Å². The standard InChI is InChI=1S/C24H38O4/c1-3-5-7-9-10-11-13-16-19(15-12-8-6-4-2)20-17-14-18-21(23(25)26)22(20)24(27)28/h14,17-19H,3-13,15-16H2,1-2H3,(H,25,26)(H,27,28). The van der Waals surface area contributed by atoms with Crippen LogP contribution >= 0.6 is 0 Å². The number of rotatable bonds is 16. The van der Waals surface area contributed by atoms with E-state index in [1.54, 1.807) is 6.07 Å². The van der Waals surface area contributed by atoms with Crippen molar-refractivity contribution < 1.29 is 19.8 Å². The van der Waals surface area contributed by atoms with Gasteiger partial charge in [0.1, 0.15) is 0 Å². The van der Waals surface area contributed by atoms with Crippen molar-refractivity contribution in [2.24, 2.45) is 0 Å². The van der Waals surface area contributed by atoms with Gasteiger partial charge in [0, 0.05) is 0 Å². The van der Waals surface area contributed by atoms with Crippen LogP contribution in [0.2, 0.25) is 0 Å². The molecule has 1 atom stereocenters. The summed E-state index contributed by atoms with van der Waals surface area (Å²) in [7, 11) is 0. The first-order valence-electron chi connectivity index (χ1n) is 11.1. The highest BCUT2D eigenvalue weighted by Crippen LogP contribution is 2.32. The molecule has 0 aromatic heterocycles. The Morgan fingerprint density at radius 3 is 1.75 bits per heavy atom. The molecule has 0 saturated carbocycles. The molecule has 2 N–H and O–H groups in total. The zero-order valence-electron chi connectivity index (χ0n) is 17.7. The molecule has 0 heterocycles. The SMILES string of the molecule is CCCCCCCCCC(CCCCCC)c1cccc(C(=O)O)c1C(=O)O. The van der Waals surface area contributed by atoms with Gasteiger partial charge < -0.3 is 10.2 Å². The molecule has 158 valence electrons. The van der Waals surface area contributed by atoms with Crippen LogP contribution in [0.3, 0.4) is 0 Å². The highest BCUT2D eigenvalue weighted by molar-refractivity contribution is 6.02. The fourth-order valence-electron chi connectivity index (χ4n) is 3.95. The largest absolute Gasteiger partial charge is 0.478 e. The van der Waals surface area contributed by atoms with Crippen LogP contribution in [0.15, 0.2) is 18.2 Å². The molecule has 1 unspecified atom stereocenters. The minimum Gasteiger partial charge on any atom is -0.478 e. The number of carboxylic acids is 2. The summed E-state index contributed by atoms with van der Waals surface area (Å²) in [6.45, 7) is 4.39. The van der Waals surface area contributed by atoms with E-state index in [9.17, 15) is 19.8 Å². The molecule has 1 aromatic rings. The van der Waals surface area contributed by atoms with Gasteiger partial charge in [0.05, 0.1) is 11.1 Å². The van der Waals surface area contributed by atoms with E-state index in [2.05, 4.69) is 13.8 Å². The molecule has 0 amide bonds. The molecule has 0 aliphatic carbocycles. The maximum atomic E-state index is 11.8. The maximum absolute atomic E-state index is 11.8. The molecule has 0 bridgehead atoms. The molecule has 0 fully saturated rings. The molecule has 1 rings (SSSR count). The summed E-state index contributed by atoms with van der Waals surface area (Å²) in [5.74, 6) is -2.18. The second-order valence-corrected chi connectivity index (χ2v) is 7.84. The van der Waals surface area contributed by atoms with Crippen molar-refractivity contribution in [1.82, 2.24) is 0 Å². The first-order valence-corrected chi connectivity index (χ1v) is 11.1. The highest BCUT2D eigenvalue weighted by atomic mass is 16.4. The number of carboxylic acid groups (broad SMARTS) is 2. The van der Waals surface area contributed by atoms with E-state index in [-0.39, 0.29) is 17.0 Å². The van der Waals surface area contributed by atoms with Crippen molar-refractivity contribution in [2.75, 3.05) is 0 Å². The monoisotopic (exact) mass is 390 g/mol. The summed E-state index contributed by atoms with van der Waals surface area (Å²) in [6.07, 6.45) is 15.0. The van der Waals surface area contributed by atoms with Crippen LogP contribution in [-0.2, 0) is 0 Å². The second kappa shape index (κ2) is 14.2. The number of aromatic carboxylic acids is 2. The Bertz CT molecular complexity index is 594. The fourth-order valence-corrected chi connectivity index (χ4v) is 3.95. The van der Waals surface area contributed by atoms with Crippen molar-refractivity contribution in [3.05, 3.63) is 34.9 Å². The number of unbranched alkanes of at least 4 members (excludes halogenated alkanes) is 9. The van der Waals surface area contributed by atoms with Crippen molar-refractivity contribution >= 4 is 11.9 Å². The zero-order chi connectivity index (χ0) is 20.8. The Morgan fingerprint density at radius 1 is 0.750 bits per heavy atom. The Morgan fingerprint density at radius 2 is 1.25 bits per heavy atom. The van der Waals surface area contributed by atoms with Gasteiger partial charge in [-0.25, -0.2) is 9.59 Å². The smallest absolute Gasteiger partial charge is 0.336 e. The van der Waals surface area contributed by atoms with Gasteiger partial charge in [0.2, 0.25) is 0 Å². The van der Waals surface area contributed by atoms with Crippen molar-refractivity contribution in [3.8, 4) is 0 Å². The Balaban J connectivity index is 2.85. The van der Waals surface area contributed by atoms with Crippen molar-refractivity contribution in [1.29, 1.82) is 0 Å². The van der Waals surface area contributed by atoms with Gasteiger partial charge in [0.15, 0.2) is 0 Å². The average molecular weight is 391 g/mol. The minimum absolute atomic E-state index is 0.0153. The topological polar surface area (TPSA) is 74.6 Å². The van der Waals surface area contributed by atoms with E-state index in [0.29, 0.717) is 5.56 Å². The molecule has 4 heteroatoms. The van der Waals surface area contributed by atoms with E-state index in [1.807, 2.05) is 6.07 Å². The summed E-state index contributed by atoms with van der Waals surface area (Å²) in [6, 6.07) is 4.91. The van der Waals surface area contributed by atoms with Crippen LogP contribution in [0.5, 0.6) is 0 Å². The lowest BCUT2D eigenvalue weighted by molar-refractivity contribution is 0.0650. The molecule has 0 aliphatic heterocycles. The molecule has 0 aliphatic rings. The predicted octanol–water partition coefficient (Wildman–Crippen LogP) is 7.28. The second-order valence-electron chi connectivity index (χ2n) is 7.84. The van der Waals surface area contributed by atoms with Gasteiger partial charge in [-0.1, -0.05) is 96.6 Å². The molecular weight excluding hydrogens is 352 g/mol. The minimum atomic E-state index is -1.17. The molecule has 0 spiro atoms. The third-order valence-corrected chi connectivity index (χ3v) is 5.54. The van der Waals surface area contributed by atoms with E-state index < -0.39 is 11.9 Å². The number of benzene rings is 1. The predicted molar refractivity (Wildman–Crippen MR) is 114 cm³/mol. The van der Waals surface area contributed by atoms with E-state index in [4.69, 9.17) is 0 Å². The molecule has 0 radical (unpaired) electrons. The molecular formula is C24H38O4. The average Bonchev–Trinajstić information content (AvgIpc) is 2.68. The van der Waals surface area contributed by atoms with E-state index in [1.165, 1.54) is 44.6 Å². The molecule has 28 heavy (non-hydrogen) atoms. The summed E-state index contributed by atoms with van der Waals surface area (Å²) >= 11 is 0. The first-order chi connectivity index (χ1) is 13.5. The summed E-state index contributed by atoms with van der Waals surface area (Å²) in [4.78, 5) is 23.4. The third-order valence-electron chi connectivity index (χ3n) is 5.54. The molecule has 0 saturated heterocycles. The van der Waals surface area contributed by atoms with Crippen LogP contribution < -0.4 is 0 Å². The number of carbonyl (C=O) groups is 2. The molecule has 4 nitrogen and oxygen atoms in total. The van der Waals surface area contributed by atoms with Gasteiger partial charge in [-0.05, 0) is 30.4 Å². The van der Waals surface area contributed by atoms with Gasteiger partial charge in [-0.3, -0.25) is 0 Å². The number of hydrogen-bond acceptors (Lipinski definition) is 2. The Labute approximate surface area is 170 Å². The lowest BCUT2D eigenvalue weighted by Gasteiger charge is -2.20. The van der Waals surface area contributed by atoms with Crippen LogP contribution in [0.4, 0.5) is 0 Å². The quantitative estimate of drug-likeness (QED) is 0.291. The first kappa shape index (κ1) is 24.2. The summed E-state index contributed by atoms with van der Waals surface area (Å²) in [5, 5.41) is 19.1. The van der Waals surface area contributed by atoms with Crippen molar-refractivity contribution in [3.63, 3.8) is 0 Å². The van der Waals surface area contributed by atoms with Crippen LogP contribution in [-0.4, -0.2) is 22.2 Å². The third kappa shape index (κ3) is 8.45.